The van der Waals surface area contributed by atoms with Gasteiger partial charge < -0.3 is 20.7 Å². The molecule has 142 valence electrons. The van der Waals surface area contributed by atoms with E-state index >= 15 is 0 Å². The number of rotatable bonds is 5. The minimum atomic E-state index is -0.234. The summed E-state index contributed by atoms with van der Waals surface area (Å²) in [5.41, 5.74) is 7.31. The number of benzene rings is 1. The van der Waals surface area contributed by atoms with Crippen LogP contribution in [0.3, 0.4) is 0 Å². The van der Waals surface area contributed by atoms with E-state index in [2.05, 4.69) is 15.1 Å². The summed E-state index contributed by atoms with van der Waals surface area (Å²) in [4.78, 5) is 28.2. The lowest BCUT2D eigenvalue weighted by Crippen LogP contribution is -2.47. The molecule has 0 bridgehead atoms. The molecule has 7 nitrogen and oxygen atoms in total. The van der Waals surface area contributed by atoms with Gasteiger partial charge in [-0.25, -0.2) is 0 Å². The van der Waals surface area contributed by atoms with Crippen molar-refractivity contribution in [2.24, 2.45) is 11.7 Å². The summed E-state index contributed by atoms with van der Waals surface area (Å²) in [5.74, 6) is -0.321. The van der Waals surface area contributed by atoms with Crippen molar-refractivity contribution in [1.29, 1.82) is 0 Å². The average molecular weight is 360 g/mol. The van der Waals surface area contributed by atoms with Gasteiger partial charge in [0, 0.05) is 30.4 Å². The number of amides is 2. The predicted octanol–water partition coefficient (Wildman–Crippen LogP) is 1.05. The topological polar surface area (TPSA) is 87.9 Å². The maximum Gasteiger partial charge on any atom is 0.241 e. The standard InChI is InChI=1S/C19H28N4O3/c1-14(22-8-6-15(7-9-22)18(20)24)19(25)21-16-2-4-17(5-3-16)23-10-12-26-13-11-23/h2-5,14-15H,6-13H2,1H3,(H2,20,24)(H,21,25)/t14-/m1/s1. The van der Waals surface area contributed by atoms with Gasteiger partial charge in [0.25, 0.3) is 0 Å². The van der Waals surface area contributed by atoms with Gasteiger partial charge >= 0.3 is 0 Å². The fraction of sp³-hybridized carbons (Fsp3) is 0.579. The van der Waals surface area contributed by atoms with Crippen LogP contribution in [0.2, 0.25) is 0 Å². The van der Waals surface area contributed by atoms with E-state index in [1.54, 1.807) is 0 Å². The second kappa shape index (κ2) is 8.51. The smallest absolute Gasteiger partial charge is 0.241 e. The van der Waals surface area contributed by atoms with Crippen molar-refractivity contribution in [2.45, 2.75) is 25.8 Å². The molecule has 7 heteroatoms. The molecule has 2 aliphatic rings. The number of primary amides is 1. The Labute approximate surface area is 154 Å². The number of likely N-dealkylation sites (tertiary alicyclic amines) is 1. The highest BCUT2D eigenvalue weighted by Gasteiger charge is 2.28. The minimum absolute atomic E-state index is 0.0263. The highest BCUT2D eigenvalue weighted by Crippen LogP contribution is 2.21. The van der Waals surface area contributed by atoms with Gasteiger partial charge in [0.05, 0.1) is 19.3 Å². The average Bonchev–Trinajstić information content (AvgIpc) is 2.68. The summed E-state index contributed by atoms with van der Waals surface area (Å²) in [7, 11) is 0. The highest BCUT2D eigenvalue weighted by atomic mass is 16.5. The zero-order chi connectivity index (χ0) is 18.5. The number of piperidine rings is 1. The van der Waals surface area contributed by atoms with E-state index in [-0.39, 0.29) is 23.8 Å². The van der Waals surface area contributed by atoms with E-state index in [1.165, 1.54) is 0 Å². The number of carbonyl (C=O) groups is 2. The van der Waals surface area contributed by atoms with Gasteiger partial charge in [0.2, 0.25) is 11.8 Å². The van der Waals surface area contributed by atoms with Crippen LogP contribution in [0, 0.1) is 5.92 Å². The molecule has 0 radical (unpaired) electrons. The van der Waals surface area contributed by atoms with Gasteiger partial charge in [-0.1, -0.05) is 0 Å². The van der Waals surface area contributed by atoms with Gasteiger partial charge in [-0.3, -0.25) is 14.5 Å². The first-order chi connectivity index (χ1) is 12.5. The highest BCUT2D eigenvalue weighted by molar-refractivity contribution is 5.94. The number of hydrogen-bond acceptors (Lipinski definition) is 5. The van der Waals surface area contributed by atoms with E-state index in [1.807, 2.05) is 31.2 Å². The van der Waals surface area contributed by atoms with Crippen LogP contribution in [-0.2, 0) is 14.3 Å². The summed E-state index contributed by atoms with van der Waals surface area (Å²) in [6.45, 7) is 6.64. The van der Waals surface area contributed by atoms with Crippen molar-refractivity contribution in [3.05, 3.63) is 24.3 Å². The molecule has 2 heterocycles. The number of nitrogens with one attached hydrogen (secondary N) is 1. The Morgan fingerprint density at radius 3 is 2.31 bits per heavy atom. The molecule has 1 atom stereocenters. The number of nitrogens with two attached hydrogens (primary N) is 1. The van der Waals surface area contributed by atoms with Gasteiger partial charge in [-0.2, -0.15) is 0 Å². The molecule has 0 aromatic heterocycles. The van der Waals surface area contributed by atoms with Crippen LogP contribution < -0.4 is 16.0 Å². The third kappa shape index (κ3) is 4.53. The number of hydrogen-bond donors (Lipinski definition) is 2. The molecule has 2 amide bonds. The van der Waals surface area contributed by atoms with Crippen molar-refractivity contribution in [1.82, 2.24) is 4.90 Å². The summed E-state index contributed by atoms with van der Waals surface area (Å²) < 4.78 is 5.37. The quantitative estimate of drug-likeness (QED) is 0.819. The fourth-order valence-electron chi connectivity index (χ4n) is 3.56. The molecule has 0 saturated carbocycles. The predicted molar refractivity (Wildman–Crippen MR) is 101 cm³/mol. The van der Waals surface area contributed by atoms with Crippen LogP contribution in [0.5, 0.6) is 0 Å². The molecular weight excluding hydrogens is 332 g/mol. The van der Waals surface area contributed by atoms with E-state index < -0.39 is 0 Å². The molecule has 26 heavy (non-hydrogen) atoms. The van der Waals surface area contributed by atoms with Gasteiger partial charge in [0.1, 0.15) is 0 Å². The van der Waals surface area contributed by atoms with E-state index in [0.29, 0.717) is 0 Å². The fourth-order valence-corrected chi connectivity index (χ4v) is 3.56. The van der Waals surface area contributed by atoms with Crippen LogP contribution in [-0.4, -0.2) is 62.1 Å². The third-order valence-corrected chi connectivity index (χ3v) is 5.37. The first kappa shape index (κ1) is 18.7. The lowest BCUT2D eigenvalue weighted by atomic mass is 9.95. The molecular formula is C19H28N4O3. The molecule has 1 aromatic carbocycles. The van der Waals surface area contributed by atoms with Crippen molar-refractivity contribution in [2.75, 3.05) is 49.6 Å². The molecule has 2 fully saturated rings. The summed E-state index contributed by atoms with van der Waals surface area (Å²) in [6.07, 6.45) is 1.45. The lowest BCUT2D eigenvalue weighted by Gasteiger charge is -2.34. The lowest BCUT2D eigenvalue weighted by molar-refractivity contribution is -0.124. The second-order valence-corrected chi connectivity index (χ2v) is 7.02. The Kier molecular flexibility index (Phi) is 6.11. The molecule has 1 aromatic rings. The zero-order valence-electron chi connectivity index (χ0n) is 15.3. The van der Waals surface area contributed by atoms with Gasteiger partial charge in [-0.05, 0) is 57.1 Å². The van der Waals surface area contributed by atoms with Crippen LogP contribution in [0.1, 0.15) is 19.8 Å². The van der Waals surface area contributed by atoms with E-state index in [4.69, 9.17) is 10.5 Å². The minimum Gasteiger partial charge on any atom is -0.378 e. The Hall–Kier alpha value is -2.12. The molecule has 0 aliphatic carbocycles. The Morgan fingerprint density at radius 2 is 1.73 bits per heavy atom. The van der Waals surface area contributed by atoms with Crippen molar-refractivity contribution in [3.63, 3.8) is 0 Å². The maximum atomic E-state index is 12.5. The monoisotopic (exact) mass is 360 g/mol. The Bertz CT molecular complexity index is 620. The number of morpholine rings is 1. The van der Waals surface area contributed by atoms with Crippen LogP contribution in [0.15, 0.2) is 24.3 Å². The van der Waals surface area contributed by atoms with Gasteiger partial charge in [-0.15, -0.1) is 0 Å². The van der Waals surface area contributed by atoms with Crippen LogP contribution in [0.4, 0.5) is 11.4 Å². The SMILES string of the molecule is C[C@H](C(=O)Nc1ccc(N2CCOCC2)cc1)N1CCC(C(N)=O)CC1. The Morgan fingerprint density at radius 1 is 1.12 bits per heavy atom. The second-order valence-electron chi connectivity index (χ2n) is 7.02. The van der Waals surface area contributed by atoms with Crippen LogP contribution in [0.25, 0.3) is 0 Å². The first-order valence-corrected chi connectivity index (χ1v) is 9.31. The van der Waals surface area contributed by atoms with Crippen molar-refractivity contribution < 1.29 is 14.3 Å². The summed E-state index contributed by atoms with van der Waals surface area (Å²) >= 11 is 0. The molecule has 2 saturated heterocycles. The van der Waals surface area contributed by atoms with Gasteiger partial charge in [0.15, 0.2) is 0 Å². The van der Waals surface area contributed by atoms with Crippen molar-refractivity contribution >= 4 is 23.2 Å². The number of ether oxygens (including phenoxy) is 1. The van der Waals surface area contributed by atoms with E-state index in [9.17, 15) is 9.59 Å². The summed E-state index contributed by atoms with van der Waals surface area (Å²) in [5, 5.41) is 2.99. The third-order valence-electron chi connectivity index (χ3n) is 5.37. The first-order valence-electron chi connectivity index (χ1n) is 9.31. The zero-order valence-corrected chi connectivity index (χ0v) is 15.3. The number of anilines is 2. The molecule has 0 unspecified atom stereocenters. The maximum absolute atomic E-state index is 12.5. The van der Waals surface area contributed by atoms with Crippen molar-refractivity contribution in [3.8, 4) is 0 Å². The molecule has 3 rings (SSSR count). The molecule has 3 N–H and O–H groups in total. The van der Waals surface area contributed by atoms with E-state index in [0.717, 1.165) is 63.6 Å². The normalized spacial score (nSPS) is 20.6. The summed E-state index contributed by atoms with van der Waals surface area (Å²) in [6, 6.07) is 7.71. The molecule has 2 aliphatic heterocycles. The molecule has 0 spiro atoms. The number of nitrogens with zero attached hydrogens (tertiary/aromatic N) is 2. The Balaban J connectivity index is 1.51. The van der Waals surface area contributed by atoms with Crippen LogP contribution >= 0.6 is 0 Å². The number of carbonyl (C=O) groups excluding carboxylic acids is 2. The largest absolute Gasteiger partial charge is 0.378 e.